The molecule has 62 valence electrons. The maximum Gasteiger partial charge on any atom is 0.338 e. The van der Waals surface area contributed by atoms with Gasteiger partial charge in [-0.2, -0.15) is 0 Å². The third-order valence-corrected chi connectivity index (χ3v) is 1.89. The smallest absolute Gasteiger partial charge is 0.338 e. The van der Waals surface area contributed by atoms with Gasteiger partial charge in [0.15, 0.2) is 0 Å². The van der Waals surface area contributed by atoms with Crippen LogP contribution >= 0.6 is 0 Å². The first-order chi connectivity index (χ1) is 5.68. The summed E-state index contributed by atoms with van der Waals surface area (Å²) in [4.78, 5) is 11.0. The molecular weight excluding hydrogens is 156 g/mol. The molecule has 0 amide bonds. The van der Waals surface area contributed by atoms with E-state index >= 15 is 0 Å². The van der Waals surface area contributed by atoms with Gasteiger partial charge in [0.1, 0.15) is 6.61 Å². The van der Waals surface area contributed by atoms with Crippen LogP contribution in [0, 0.1) is 0 Å². The monoisotopic (exact) mass is 164 g/mol. The lowest BCUT2D eigenvalue weighted by Gasteiger charge is -2.00. The molecule has 0 spiro atoms. The number of nitrogens with two attached hydrogens (primary N) is 2. The van der Waals surface area contributed by atoms with Gasteiger partial charge < -0.3 is 16.2 Å². The summed E-state index contributed by atoms with van der Waals surface area (Å²) in [7, 11) is 0. The lowest BCUT2D eigenvalue weighted by Crippen LogP contribution is -1.99. The highest BCUT2D eigenvalue weighted by Crippen LogP contribution is 2.26. The van der Waals surface area contributed by atoms with E-state index in [1.807, 2.05) is 0 Å². The van der Waals surface area contributed by atoms with E-state index in [9.17, 15) is 4.79 Å². The minimum Gasteiger partial charge on any atom is -0.457 e. The van der Waals surface area contributed by atoms with Gasteiger partial charge >= 0.3 is 5.97 Å². The van der Waals surface area contributed by atoms with Crippen LogP contribution in [0.5, 0.6) is 0 Å². The molecule has 0 bridgehead atoms. The molecule has 0 aliphatic carbocycles. The minimum absolute atomic E-state index is 0.304. The standard InChI is InChI=1S/C8H8N2O2/c9-6-1-4-3-12-8(11)5(4)2-7(6)10/h1-2H,3,9-10H2. The molecule has 0 fully saturated rings. The van der Waals surface area contributed by atoms with Crippen molar-refractivity contribution in [2.75, 3.05) is 11.5 Å². The number of carbonyl (C=O) groups excluding carboxylic acids is 1. The van der Waals surface area contributed by atoms with Crippen LogP contribution in [0.2, 0.25) is 0 Å². The number of anilines is 2. The summed E-state index contributed by atoms with van der Waals surface area (Å²) in [6.45, 7) is 0.304. The normalized spacial score (nSPS) is 14.2. The van der Waals surface area contributed by atoms with E-state index < -0.39 is 0 Å². The molecule has 4 heteroatoms. The van der Waals surface area contributed by atoms with Gasteiger partial charge in [0, 0.05) is 5.56 Å². The predicted octanol–water partition coefficient (Wildman–Crippen LogP) is 0.521. The van der Waals surface area contributed by atoms with Crippen LogP contribution in [0.25, 0.3) is 0 Å². The number of hydrogen-bond acceptors (Lipinski definition) is 4. The molecule has 0 saturated carbocycles. The van der Waals surface area contributed by atoms with E-state index in [2.05, 4.69) is 0 Å². The lowest BCUT2D eigenvalue weighted by molar-refractivity contribution is 0.0535. The first-order valence-electron chi connectivity index (χ1n) is 3.53. The molecule has 0 radical (unpaired) electrons. The zero-order chi connectivity index (χ0) is 8.72. The minimum atomic E-state index is -0.322. The molecule has 0 atom stereocenters. The highest BCUT2D eigenvalue weighted by atomic mass is 16.5. The average molecular weight is 164 g/mol. The highest BCUT2D eigenvalue weighted by molar-refractivity contribution is 5.95. The quantitative estimate of drug-likeness (QED) is 0.433. The number of cyclic esters (lactones) is 1. The molecule has 12 heavy (non-hydrogen) atoms. The Hall–Kier alpha value is -1.71. The van der Waals surface area contributed by atoms with Gasteiger partial charge in [-0.15, -0.1) is 0 Å². The van der Waals surface area contributed by atoms with E-state index in [1.165, 1.54) is 0 Å². The van der Waals surface area contributed by atoms with Crippen molar-refractivity contribution in [1.29, 1.82) is 0 Å². The van der Waals surface area contributed by atoms with Gasteiger partial charge in [-0.25, -0.2) is 4.79 Å². The number of fused-ring (bicyclic) bond motifs is 1. The van der Waals surface area contributed by atoms with Gasteiger partial charge in [-0.3, -0.25) is 0 Å². The summed E-state index contributed by atoms with van der Waals surface area (Å²) in [5.74, 6) is -0.322. The Morgan fingerprint density at radius 3 is 2.67 bits per heavy atom. The molecule has 0 aromatic heterocycles. The van der Waals surface area contributed by atoms with Gasteiger partial charge in [-0.05, 0) is 12.1 Å². The van der Waals surface area contributed by atoms with Crippen LogP contribution in [0.3, 0.4) is 0 Å². The lowest BCUT2D eigenvalue weighted by atomic mass is 10.1. The molecule has 1 aromatic carbocycles. The summed E-state index contributed by atoms with van der Waals surface area (Å²) < 4.78 is 4.78. The van der Waals surface area contributed by atoms with Crippen LogP contribution in [0.15, 0.2) is 12.1 Å². The van der Waals surface area contributed by atoms with E-state index in [0.29, 0.717) is 23.5 Å². The van der Waals surface area contributed by atoms with E-state index in [1.54, 1.807) is 12.1 Å². The SMILES string of the molecule is Nc1cc2c(cc1N)C(=O)OC2. The Bertz CT molecular complexity index is 360. The van der Waals surface area contributed by atoms with Crippen molar-refractivity contribution in [2.45, 2.75) is 6.61 Å². The number of ether oxygens (including phenoxy) is 1. The van der Waals surface area contributed by atoms with Crippen molar-refractivity contribution in [3.05, 3.63) is 23.3 Å². The number of carbonyl (C=O) groups is 1. The van der Waals surface area contributed by atoms with Gasteiger partial charge in [0.05, 0.1) is 16.9 Å². The Balaban J connectivity index is 2.63. The Morgan fingerprint density at radius 2 is 1.92 bits per heavy atom. The van der Waals surface area contributed by atoms with Crippen molar-refractivity contribution >= 4 is 17.3 Å². The Labute approximate surface area is 69.1 Å². The first-order valence-corrected chi connectivity index (χ1v) is 3.53. The second-order valence-corrected chi connectivity index (χ2v) is 2.71. The first kappa shape index (κ1) is 6.97. The molecular formula is C8H8N2O2. The number of nitrogen functional groups attached to an aromatic ring is 2. The highest BCUT2D eigenvalue weighted by Gasteiger charge is 2.21. The van der Waals surface area contributed by atoms with E-state index in [4.69, 9.17) is 16.2 Å². The van der Waals surface area contributed by atoms with Gasteiger partial charge in [-0.1, -0.05) is 0 Å². The zero-order valence-electron chi connectivity index (χ0n) is 6.33. The molecule has 2 rings (SSSR count). The van der Waals surface area contributed by atoms with E-state index in [-0.39, 0.29) is 5.97 Å². The number of esters is 1. The predicted molar refractivity (Wildman–Crippen MR) is 44.4 cm³/mol. The fourth-order valence-electron chi connectivity index (χ4n) is 1.21. The van der Waals surface area contributed by atoms with Crippen molar-refractivity contribution in [3.63, 3.8) is 0 Å². The van der Waals surface area contributed by atoms with E-state index in [0.717, 1.165) is 5.56 Å². The van der Waals surface area contributed by atoms with Crippen molar-refractivity contribution < 1.29 is 9.53 Å². The number of benzene rings is 1. The zero-order valence-corrected chi connectivity index (χ0v) is 6.33. The third kappa shape index (κ3) is 0.812. The summed E-state index contributed by atoms with van der Waals surface area (Å²) in [6, 6.07) is 3.23. The van der Waals surface area contributed by atoms with Crippen LogP contribution in [-0.2, 0) is 11.3 Å². The molecule has 4 nitrogen and oxygen atoms in total. The second-order valence-electron chi connectivity index (χ2n) is 2.71. The summed E-state index contributed by atoms with van der Waals surface area (Å²) in [6.07, 6.45) is 0. The van der Waals surface area contributed by atoms with Crippen molar-refractivity contribution in [3.8, 4) is 0 Å². The van der Waals surface area contributed by atoms with Crippen molar-refractivity contribution in [2.24, 2.45) is 0 Å². The summed E-state index contributed by atoms with van der Waals surface area (Å²) in [5.41, 5.74) is 13.3. The van der Waals surface area contributed by atoms with Crippen LogP contribution in [0.4, 0.5) is 11.4 Å². The number of rotatable bonds is 0. The molecule has 1 aliphatic heterocycles. The fraction of sp³-hybridized carbons (Fsp3) is 0.125. The third-order valence-electron chi connectivity index (χ3n) is 1.89. The average Bonchev–Trinajstić information content (AvgIpc) is 2.35. The van der Waals surface area contributed by atoms with Crippen molar-refractivity contribution in [1.82, 2.24) is 0 Å². The fourth-order valence-corrected chi connectivity index (χ4v) is 1.21. The Morgan fingerprint density at radius 1 is 1.25 bits per heavy atom. The summed E-state index contributed by atoms with van der Waals surface area (Å²) in [5, 5.41) is 0. The molecule has 0 unspecified atom stereocenters. The molecule has 0 saturated heterocycles. The van der Waals surface area contributed by atoms with Gasteiger partial charge in [0.25, 0.3) is 0 Å². The largest absolute Gasteiger partial charge is 0.457 e. The number of hydrogen-bond donors (Lipinski definition) is 2. The summed E-state index contributed by atoms with van der Waals surface area (Å²) >= 11 is 0. The van der Waals surface area contributed by atoms with Crippen LogP contribution in [0.1, 0.15) is 15.9 Å². The topological polar surface area (TPSA) is 78.3 Å². The maximum absolute atomic E-state index is 11.0. The maximum atomic E-state index is 11.0. The Kier molecular flexibility index (Phi) is 1.24. The van der Waals surface area contributed by atoms with Gasteiger partial charge in [0.2, 0.25) is 0 Å². The molecule has 1 aromatic rings. The van der Waals surface area contributed by atoms with Crippen LogP contribution in [-0.4, -0.2) is 5.97 Å². The molecule has 1 heterocycles. The second kappa shape index (κ2) is 2.14. The van der Waals surface area contributed by atoms with Crippen LogP contribution < -0.4 is 11.5 Å². The molecule has 4 N–H and O–H groups in total. The molecule has 1 aliphatic rings.